The molecule has 2 rings (SSSR count). The van der Waals surface area contributed by atoms with Gasteiger partial charge in [-0.3, -0.25) is 4.79 Å². The quantitative estimate of drug-likeness (QED) is 0.696. The summed E-state index contributed by atoms with van der Waals surface area (Å²) >= 11 is 0. The van der Waals surface area contributed by atoms with Crippen molar-refractivity contribution >= 4 is 11.9 Å². The van der Waals surface area contributed by atoms with E-state index in [0.29, 0.717) is 31.0 Å². The van der Waals surface area contributed by atoms with Crippen LogP contribution in [-0.2, 0) is 11.2 Å². The first-order valence-corrected chi connectivity index (χ1v) is 10.5. The number of urea groups is 1. The third-order valence-corrected chi connectivity index (χ3v) is 5.38. The van der Waals surface area contributed by atoms with Crippen LogP contribution in [0.2, 0.25) is 0 Å². The van der Waals surface area contributed by atoms with Crippen LogP contribution in [0.4, 0.5) is 4.79 Å². The van der Waals surface area contributed by atoms with Gasteiger partial charge in [-0.1, -0.05) is 27.7 Å². The lowest BCUT2D eigenvalue weighted by molar-refractivity contribution is -0.125. The Labute approximate surface area is 174 Å². The summed E-state index contributed by atoms with van der Waals surface area (Å²) in [5, 5.41) is 6.14. The van der Waals surface area contributed by atoms with Crippen molar-refractivity contribution < 1.29 is 19.1 Å². The van der Waals surface area contributed by atoms with Gasteiger partial charge in [-0.15, -0.1) is 0 Å². The standard InChI is InChI=1S/C22H35N3O4/c1-7-10-23-22(27)25-11-9-15-12-18(28-5)19(29-6)13-16(15)20(25)17(8-2)24-21(26)14(3)4/h12-14,17,20H,7-11H2,1-6H3,(H,23,27)(H,24,26)/t17-,20+/m1/s1. The van der Waals surface area contributed by atoms with Gasteiger partial charge in [-0.2, -0.15) is 0 Å². The number of carbonyl (C=O) groups is 2. The van der Waals surface area contributed by atoms with E-state index in [0.717, 1.165) is 24.0 Å². The second-order valence-corrected chi connectivity index (χ2v) is 7.70. The van der Waals surface area contributed by atoms with Crippen molar-refractivity contribution in [2.75, 3.05) is 27.3 Å². The molecule has 1 aliphatic heterocycles. The minimum atomic E-state index is -0.275. The fourth-order valence-electron chi connectivity index (χ4n) is 3.73. The van der Waals surface area contributed by atoms with Crippen LogP contribution in [0.3, 0.4) is 0 Å². The second-order valence-electron chi connectivity index (χ2n) is 7.70. The molecule has 0 aromatic heterocycles. The van der Waals surface area contributed by atoms with Gasteiger partial charge in [0, 0.05) is 19.0 Å². The maximum absolute atomic E-state index is 12.9. The Morgan fingerprint density at radius 3 is 2.38 bits per heavy atom. The number of fused-ring (bicyclic) bond motifs is 1. The van der Waals surface area contributed by atoms with Crippen molar-refractivity contribution in [1.29, 1.82) is 0 Å². The van der Waals surface area contributed by atoms with Gasteiger partial charge >= 0.3 is 6.03 Å². The van der Waals surface area contributed by atoms with Gasteiger partial charge in [-0.25, -0.2) is 4.79 Å². The molecule has 29 heavy (non-hydrogen) atoms. The molecule has 0 aliphatic carbocycles. The predicted octanol–water partition coefficient (Wildman–Crippen LogP) is 3.27. The largest absolute Gasteiger partial charge is 0.493 e. The summed E-state index contributed by atoms with van der Waals surface area (Å²) in [7, 11) is 3.22. The molecule has 0 bridgehead atoms. The molecule has 1 heterocycles. The fraction of sp³-hybridized carbons (Fsp3) is 0.636. The molecule has 1 aliphatic rings. The molecule has 7 nitrogen and oxygen atoms in total. The van der Waals surface area contributed by atoms with Crippen molar-refractivity contribution in [2.45, 2.75) is 59.0 Å². The van der Waals surface area contributed by atoms with Crippen molar-refractivity contribution in [1.82, 2.24) is 15.5 Å². The number of hydrogen-bond acceptors (Lipinski definition) is 4. The summed E-state index contributed by atoms with van der Waals surface area (Å²) < 4.78 is 11.0. The van der Waals surface area contributed by atoms with Crippen LogP contribution in [0.15, 0.2) is 12.1 Å². The first-order valence-electron chi connectivity index (χ1n) is 10.5. The number of amides is 3. The number of ether oxygens (including phenoxy) is 2. The molecule has 1 aromatic carbocycles. The number of methoxy groups -OCH3 is 2. The summed E-state index contributed by atoms with van der Waals surface area (Å²) in [6.07, 6.45) is 2.29. The average molecular weight is 406 g/mol. The normalized spacial score (nSPS) is 16.8. The van der Waals surface area contributed by atoms with Gasteiger partial charge < -0.3 is 25.0 Å². The van der Waals surface area contributed by atoms with E-state index in [-0.39, 0.29) is 29.9 Å². The molecule has 0 unspecified atom stereocenters. The van der Waals surface area contributed by atoms with Crippen LogP contribution in [0.25, 0.3) is 0 Å². The summed E-state index contributed by atoms with van der Waals surface area (Å²) in [4.78, 5) is 27.3. The first-order chi connectivity index (χ1) is 13.9. The highest BCUT2D eigenvalue weighted by Gasteiger charge is 2.37. The van der Waals surface area contributed by atoms with Gasteiger partial charge in [-0.05, 0) is 42.5 Å². The molecular weight excluding hydrogens is 370 g/mol. The van der Waals surface area contributed by atoms with E-state index in [1.54, 1.807) is 14.2 Å². The van der Waals surface area contributed by atoms with Crippen molar-refractivity contribution in [3.63, 3.8) is 0 Å². The Morgan fingerprint density at radius 2 is 1.83 bits per heavy atom. The molecule has 0 saturated carbocycles. The predicted molar refractivity (Wildman–Crippen MR) is 113 cm³/mol. The van der Waals surface area contributed by atoms with E-state index in [4.69, 9.17) is 9.47 Å². The van der Waals surface area contributed by atoms with Crippen LogP contribution in [0, 0.1) is 5.92 Å². The molecule has 3 amide bonds. The van der Waals surface area contributed by atoms with Gasteiger partial charge in [0.05, 0.1) is 26.3 Å². The zero-order valence-corrected chi connectivity index (χ0v) is 18.5. The number of nitrogens with zero attached hydrogens (tertiary/aromatic N) is 1. The Hall–Kier alpha value is -2.44. The summed E-state index contributed by atoms with van der Waals surface area (Å²) in [6, 6.07) is 3.36. The van der Waals surface area contributed by atoms with Crippen LogP contribution in [0.1, 0.15) is 57.7 Å². The van der Waals surface area contributed by atoms with Gasteiger partial charge in [0.1, 0.15) is 0 Å². The van der Waals surface area contributed by atoms with Crippen molar-refractivity contribution in [3.8, 4) is 11.5 Å². The van der Waals surface area contributed by atoms with E-state index in [9.17, 15) is 9.59 Å². The molecule has 2 atom stereocenters. The zero-order valence-electron chi connectivity index (χ0n) is 18.5. The van der Waals surface area contributed by atoms with Crippen LogP contribution >= 0.6 is 0 Å². The van der Waals surface area contributed by atoms with Gasteiger partial charge in [0.2, 0.25) is 5.91 Å². The smallest absolute Gasteiger partial charge is 0.317 e. The fourth-order valence-corrected chi connectivity index (χ4v) is 3.73. The highest BCUT2D eigenvalue weighted by molar-refractivity contribution is 5.79. The van der Waals surface area contributed by atoms with E-state index < -0.39 is 0 Å². The lowest BCUT2D eigenvalue weighted by Crippen LogP contribution is -2.53. The lowest BCUT2D eigenvalue weighted by Gasteiger charge is -2.42. The number of hydrogen-bond donors (Lipinski definition) is 2. The van der Waals surface area contributed by atoms with E-state index in [1.165, 1.54) is 0 Å². The molecule has 162 valence electrons. The molecule has 7 heteroatoms. The molecule has 0 fully saturated rings. The number of benzene rings is 1. The number of carbonyl (C=O) groups excluding carboxylic acids is 2. The monoisotopic (exact) mass is 405 g/mol. The Balaban J connectivity index is 2.50. The number of rotatable bonds is 8. The van der Waals surface area contributed by atoms with Gasteiger partial charge in [0.25, 0.3) is 0 Å². The van der Waals surface area contributed by atoms with Crippen LogP contribution in [-0.4, -0.2) is 50.2 Å². The molecule has 0 spiro atoms. The minimum Gasteiger partial charge on any atom is -0.493 e. The molecule has 1 aromatic rings. The Morgan fingerprint density at radius 1 is 1.17 bits per heavy atom. The Kier molecular flexibility index (Phi) is 8.17. The first kappa shape index (κ1) is 22.8. The maximum Gasteiger partial charge on any atom is 0.317 e. The van der Waals surface area contributed by atoms with Gasteiger partial charge in [0.15, 0.2) is 11.5 Å². The average Bonchev–Trinajstić information content (AvgIpc) is 2.73. The van der Waals surface area contributed by atoms with Crippen LogP contribution < -0.4 is 20.1 Å². The van der Waals surface area contributed by atoms with Crippen LogP contribution in [0.5, 0.6) is 11.5 Å². The van der Waals surface area contributed by atoms with E-state index in [2.05, 4.69) is 10.6 Å². The molecule has 2 N–H and O–H groups in total. The summed E-state index contributed by atoms with van der Waals surface area (Å²) in [5.41, 5.74) is 2.11. The SMILES string of the molecule is CCCNC(=O)N1CCc2cc(OC)c(OC)cc2[C@H]1[C@@H](CC)NC(=O)C(C)C. The molecule has 0 radical (unpaired) electrons. The highest BCUT2D eigenvalue weighted by Crippen LogP contribution is 2.40. The third kappa shape index (κ3) is 5.14. The topological polar surface area (TPSA) is 79.9 Å². The highest BCUT2D eigenvalue weighted by atomic mass is 16.5. The second kappa shape index (κ2) is 10.4. The molecular formula is C22H35N3O4. The van der Waals surface area contributed by atoms with Crippen molar-refractivity contribution in [2.24, 2.45) is 5.92 Å². The zero-order chi connectivity index (χ0) is 21.6. The Bertz CT molecular complexity index is 720. The number of nitrogens with one attached hydrogen (secondary N) is 2. The van der Waals surface area contributed by atoms with E-state index in [1.807, 2.05) is 44.7 Å². The summed E-state index contributed by atoms with van der Waals surface area (Å²) in [6.45, 7) is 9.00. The summed E-state index contributed by atoms with van der Waals surface area (Å²) in [5.74, 6) is 1.16. The van der Waals surface area contributed by atoms with Crippen molar-refractivity contribution in [3.05, 3.63) is 23.3 Å². The lowest BCUT2D eigenvalue weighted by atomic mass is 9.86. The third-order valence-electron chi connectivity index (χ3n) is 5.38. The maximum atomic E-state index is 12.9. The van der Waals surface area contributed by atoms with E-state index >= 15 is 0 Å². The minimum absolute atomic E-state index is 0.0154. The molecule has 0 saturated heterocycles.